The minimum Gasteiger partial charge on any atom is -0.451 e. The van der Waals surface area contributed by atoms with Crippen LogP contribution in [0.2, 0.25) is 0 Å². The van der Waals surface area contributed by atoms with E-state index in [1.807, 2.05) is 30.3 Å². The Kier molecular flexibility index (Phi) is 10.5. The zero-order valence-corrected chi connectivity index (χ0v) is 27.0. The van der Waals surface area contributed by atoms with Gasteiger partial charge in [-0.3, -0.25) is 28.8 Å². The van der Waals surface area contributed by atoms with E-state index in [9.17, 15) is 28.0 Å². The Morgan fingerprint density at radius 1 is 1.04 bits per heavy atom. The van der Waals surface area contributed by atoms with E-state index in [0.29, 0.717) is 56.1 Å². The van der Waals surface area contributed by atoms with E-state index in [4.69, 9.17) is 9.15 Å². The third-order valence-electron chi connectivity index (χ3n) is 8.24. The average molecular weight is 692 g/mol. The summed E-state index contributed by atoms with van der Waals surface area (Å²) >= 11 is 0. The minimum absolute atomic E-state index is 0.0414. The molecule has 5 aromatic rings. The lowest BCUT2D eigenvalue weighted by Crippen LogP contribution is -2.44. The van der Waals surface area contributed by atoms with Gasteiger partial charge in [-0.05, 0) is 41.8 Å². The number of anilines is 1. The Labute approximate surface area is 283 Å². The second-order valence-electron chi connectivity index (χ2n) is 11.6. The highest BCUT2D eigenvalue weighted by Gasteiger charge is 2.31. The van der Waals surface area contributed by atoms with E-state index < -0.39 is 30.0 Å². The number of ether oxygens (including phenoxy) is 1. The molecule has 4 N–H and O–H groups in total. The summed E-state index contributed by atoms with van der Waals surface area (Å²) in [6, 6.07) is 12.1. The number of imidazole rings is 1. The number of nitrogens with zero attached hydrogens (tertiary/aromatic N) is 5. The number of aryl methyl sites for hydroxylation is 1. The van der Waals surface area contributed by atoms with Gasteiger partial charge in [-0.1, -0.05) is 18.2 Å². The van der Waals surface area contributed by atoms with E-state index in [1.165, 1.54) is 20.0 Å². The van der Waals surface area contributed by atoms with Gasteiger partial charge in [0, 0.05) is 39.6 Å². The molecule has 15 nitrogen and oxygen atoms in total. The van der Waals surface area contributed by atoms with E-state index in [0.717, 1.165) is 23.8 Å². The van der Waals surface area contributed by atoms with Crippen LogP contribution in [0, 0.1) is 0 Å². The topological polar surface area (TPSA) is 179 Å². The monoisotopic (exact) mass is 691 g/mol. The molecule has 0 radical (unpaired) electrons. The molecule has 3 amide bonds. The second kappa shape index (κ2) is 15.4. The number of fused-ring (bicyclic) bond motifs is 1. The maximum Gasteiger partial charge on any atom is 0.329 e. The number of carbonyl (C=O) groups is 3. The van der Waals surface area contributed by atoms with Gasteiger partial charge in [-0.15, -0.1) is 0 Å². The van der Waals surface area contributed by atoms with Gasteiger partial charge in [0.1, 0.15) is 12.3 Å². The van der Waals surface area contributed by atoms with Gasteiger partial charge in [0.15, 0.2) is 17.8 Å². The van der Waals surface area contributed by atoms with Gasteiger partial charge in [0.2, 0.25) is 11.8 Å². The van der Waals surface area contributed by atoms with Gasteiger partial charge < -0.3 is 25.1 Å². The summed E-state index contributed by atoms with van der Waals surface area (Å²) in [6.07, 6.45) is 1.09. The highest BCUT2D eigenvalue weighted by atomic mass is 19.3. The first-order valence-electron chi connectivity index (χ1n) is 15.9. The number of amides is 3. The third-order valence-corrected chi connectivity index (χ3v) is 8.24. The van der Waals surface area contributed by atoms with Crippen molar-refractivity contribution in [2.45, 2.75) is 38.4 Å². The molecule has 17 heteroatoms. The normalized spacial score (nSPS) is 14.8. The molecule has 2 aromatic carbocycles. The first-order chi connectivity index (χ1) is 24.2. The molecular formula is C33H35F2N9O6. The number of oxazole rings is 1. The SMILES string of the molecule is Cn1c(=O)n(C2CCC(=O)NC2=O)c2ccc(CNCCOCCNCc3ccc(-n4cc(NC(=O)c5cocn5)c(C(F)F)n4)cc3)cc21. The van der Waals surface area contributed by atoms with Crippen molar-refractivity contribution in [3.05, 3.63) is 94.3 Å². The van der Waals surface area contributed by atoms with Crippen LogP contribution >= 0.6 is 0 Å². The number of rotatable bonds is 15. The number of carbonyl (C=O) groups excluding carboxylic acids is 3. The Hall–Kier alpha value is -5.52. The lowest BCUT2D eigenvalue weighted by Gasteiger charge is -2.21. The van der Waals surface area contributed by atoms with E-state index >= 15 is 0 Å². The molecule has 3 aromatic heterocycles. The number of aromatic nitrogens is 5. The summed E-state index contributed by atoms with van der Waals surface area (Å²) in [5, 5.41) is 15.3. The fourth-order valence-corrected chi connectivity index (χ4v) is 5.66. The summed E-state index contributed by atoms with van der Waals surface area (Å²) in [5.41, 5.74) is 2.81. The molecule has 0 saturated carbocycles. The lowest BCUT2D eigenvalue weighted by molar-refractivity contribution is -0.135. The molecule has 4 heterocycles. The Morgan fingerprint density at radius 3 is 2.44 bits per heavy atom. The van der Waals surface area contributed by atoms with E-state index in [1.54, 1.807) is 19.2 Å². The molecule has 50 heavy (non-hydrogen) atoms. The number of nitrogens with one attached hydrogen (secondary N) is 4. The zero-order chi connectivity index (χ0) is 35.2. The Balaban J connectivity index is 0.906. The number of halogens is 2. The molecule has 262 valence electrons. The number of hydrogen-bond acceptors (Lipinski definition) is 10. The molecule has 1 unspecified atom stereocenters. The maximum atomic E-state index is 13.6. The lowest BCUT2D eigenvalue weighted by atomic mass is 10.1. The minimum atomic E-state index is -2.90. The van der Waals surface area contributed by atoms with Crippen molar-refractivity contribution in [2.75, 3.05) is 31.6 Å². The van der Waals surface area contributed by atoms with Crippen LogP contribution in [0.1, 0.15) is 52.6 Å². The summed E-state index contributed by atoms with van der Waals surface area (Å²) in [5.74, 6) is -1.48. The van der Waals surface area contributed by atoms with Crippen LogP contribution in [0.25, 0.3) is 16.7 Å². The molecule has 1 aliphatic heterocycles. The standard InChI is InChI=1S/C33H35F2N9O6/c1-42-27-14-21(4-7-25(27)44(33(42)48)26-8-9-28(45)40-32(26)47)16-37-11-13-49-12-10-36-15-20-2-5-22(6-3-20)43-17-23(29(41-43)30(34)35)39-31(46)24-18-50-19-38-24/h2-7,14,17-19,26,30,36-37H,8-13,15-16H2,1H3,(H,39,46)(H,40,45,47). The van der Waals surface area contributed by atoms with Gasteiger partial charge >= 0.3 is 5.69 Å². The van der Waals surface area contributed by atoms with Crippen molar-refractivity contribution in [3.63, 3.8) is 0 Å². The molecule has 0 bridgehead atoms. The fraction of sp³-hybridized carbons (Fsp3) is 0.333. The van der Waals surface area contributed by atoms with Gasteiger partial charge in [-0.25, -0.2) is 23.2 Å². The number of imide groups is 1. The summed E-state index contributed by atoms with van der Waals surface area (Å²) in [4.78, 5) is 52.9. The van der Waals surface area contributed by atoms with Crippen LogP contribution in [0.3, 0.4) is 0 Å². The maximum absolute atomic E-state index is 13.6. The fourth-order valence-electron chi connectivity index (χ4n) is 5.66. The molecule has 1 aliphatic rings. The highest BCUT2D eigenvalue weighted by Crippen LogP contribution is 2.28. The van der Waals surface area contributed by atoms with Crippen molar-refractivity contribution < 1.29 is 32.3 Å². The predicted molar refractivity (Wildman–Crippen MR) is 176 cm³/mol. The number of hydrogen-bond donors (Lipinski definition) is 4. The van der Waals surface area contributed by atoms with Crippen LogP contribution in [0.5, 0.6) is 0 Å². The van der Waals surface area contributed by atoms with Crippen LogP contribution in [0.4, 0.5) is 14.5 Å². The van der Waals surface area contributed by atoms with Crippen LogP contribution in [-0.2, 0) is 34.5 Å². The van der Waals surface area contributed by atoms with Gasteiger partial charge in [-0.2, -0.15) is 5.10 Å². The highest BCUT2D eigenvalue weighted by molar-refractivity contribution is 6.03. The largest absolute Gasteiger partial charge is 0.451 e. The number of piperidine rings is 1. The molecule has 0 aliphatic carbocycles. The molecule has 1 saturated heterocycles. The van der Waals surface area contributed by atoms with E-state index in [-0.39, 0.29) is 35.8 Å². The Morgan fingerprint density at radius 2 is 1.76 bits per heavy atom. The first-order valence-corrected chi connectivity index (χ1v) is 15.9. The second-order valence-corrected chi connectivity index (χ2v) is 11.6. The molecule has 1 fully saturated rings. The van der Waals surface area contributed by atoms with Crippen molar-refractivity contribution in [1.82, 2.24) is 39.8 Å². The van der Waals surface area contributed by atoms with Crippen molar-refractivity contribution >= 4 is 34.4 Å². The predicted octanol–water partition coefficient (Wildman–Crippen LogP) is 2.58. The van der Waals surface area contributed by atoms with Gasteiger partial charge in [0.25, 0.3) is 12.3 Å². The van der Waals surface area contributed by atoms with Crippen molar-refractivity contribution in [3.8, 4) is 5.69 Å². The van der Waals surface area contributed by atoms with Crippen LogP contribution in [0.15, 0.2) is 70.5 Å². The van der Waals surface area contributed by atoms with Crippen molar-refractivity contribution in [2.24, 2.45) is 7.05 Å². The molecule has 0 spiro atoms. The zero-order valence-electron chi connectivity index (χ0n) is 27.0. The molecule has 6 rings (SSSR count). The Bertz CT molecular complexity index is 2040. The first kappa shape index (κ1) is 34.3. The average Bonchev–Trinajstić information content (AvgIpc) is 3.84. The summed E-state index contributed by atoms with van der Waals surface area (Å²) in [7, 11) is 1.66. The molecule has 1 atom stereocenters. The van der Waals surface area contributed by atoms with Gasteiger partial charge in [0.05, 0.1) is 41.8 Å². The number of alkyl halides is 2. The summed E-state index contributed by atoms with van der Waals surface area (Å²) in [6.45, 7) is 3.34. The smallest absolute Gasteiger partial charge is 0.329 e. The summed E-state index contributed by atoms with van der Waals surface area (Å²) < 4.78 is 41.9. The van der Waals surface area contributed by atoms with Crippen LogP contribution < -0.4 is 27.0 Å². The quantitative estimate of drug-likeness (QED) is 0.0942. The van der Waals surface area contributed by atoms with E-state index in [2.05, 4.69) is 31.3 Å². The number of benzene rings is 2. The van der Waals surface area contributed by atoms with Crippen molar-refractivity contribution in [1.29, 1.82) is 0 Å². The molecular weight excluding hydrogens is 656 g/mol. The third kappa shape index (κ3) is 7.69. The van der Waals surface area contributed by atoms with Crippen LogP contribution in [-0.4, -0.2) is 67.9 Å².